The van der Waals surface area contributed by atoms with Crippen molar-refractivity contribution in [2.24, 2.45) is 0 Å². The average Bonchev–Trinajstić information content (AvgIpc) is 2.60. The SMILES string of the molecule is O=[N+]([O-])c1cccc2c1O[C@@]1([NH+]3CCOCC3)CCCCC1=C2. The van der Waals surface area contributed by atoms with Gasteiger partial charge >= 0.3 is 5.69 Å². The topological polar surface area (TPSA) is 66.0 Å². The fourth-order valence-corrected chi connectivity index (χ4v) is 4.13. The van der Waals surface area contributed by atoms with E-state index in [9.17, 15) is 10.1 Å². The van der Waals surface area contributed by atoms with E-state index in [0.717, 1.165) is 57.6 Å². The van der Waals surface area contributed by atoms with E-state index < -0.39 is 5.72 Å². The van der Waals surface area contributed by atoms with Gasteiger partial charge < -0.3 is 9.47 Å². The Labute approximate surface area is 134 Å². The van der Waals surface area contributed by atoms with E-state index in [-0.39, 0.29) is 10.6 Å². The van der Waals surface area contributed by atoms with E-state index >= 15 is 0 Å². The van der Waals surface area contributed by atoms with Crippen molar-refractivity contribution < 1.29 is 19.3 Å². The second-order valence-corrected chi connectivity index (χ2v) is 6.47. The molecule has 3 aliphatic rings. The number of nitro groups is 1. The molecule has 1 aromatic rings. The van der Waals surface area contributed by atoms with Crippen molar-refractivity contribution >= 4 is 11.8 Å². The van der Waals surface area contributed by atoms with Crippen molar-refractivity contribution in [2.45, 2.75) is 31.4 Å². The maximum Gasteiger partial charge on any atom is 0.311 e. The molecule has 2 heterocycles. The molecule has 0 amide bonds. The van der Waals surface area contributed by atoms with Gasteiger partial charge in [-0.05, 0) is 25.3 Å². The summed E-state index contributed by atoms with van der Waals surface area (Å²) in [6, 6.07) is 5.17. The van der Waals surface area contributed by atoms with Crippen LogP contribution in [0, 0.1) is 10.1 Å². The summed E-state index contributed by atoms with van der Waals surface area (Å²) < 4.78 is 11.9. The molecular weight excluding hydrogens is 296 g/mol. The number of benzene rings is 1. The lowest BCUT2D eigenvalue weighted by molar-refractivity contribution is -0.975. The van der Waals surface area contributed by atoms with Crippen LogP contribution < -0.4 is 9.64 Å². The molecule has 0 bridgehead atoms. The molecule has 1 aromatic carbocycles. The van der Waals surface area contributed by atoms with Crippen LogP contribution in [0.15, 0.2) is 23.8 Å². The molecule has 2 fully saturated rings. The Balaban J connectivity index is 1.82. The maximum atomic E-state index is 11.4. The lowest BCUT2D eigenvalue weighted by atomic mass is 9.82. The number of morpholine rings is 1. The molecule has 2 aliphatic heterocycles. The third-order valence-corrected chi connectivity index (χ3v) is 5.24. The van der Waals surface area contributed by atoms with Crippen LogP contribution in [0.1, 0.15) is 31.2 Å². The molecule has 1 saturated heterocycles. The van der Waals surface area contributed by atoms with Gasteiger partial charge in [-0.3, -0.25) is 15.0 Å². The zero-order chi connectivity index (χ0) is 15.9. The van der Waals surface area contributed by atoms with Crippen LogP contribution in [0.5, 0.6) is 5.75 Å². The van der Waals surface area contributed by atoms with E-state index in [4.69, 9.17) is 9.47 Å². The first-order valence-corrected chi connectivity index (χ1v) is 8.31. The van der Waals surface area contributed by atoms with E-state index in [1.54, 1.807) is 6.07 Å². The first kappa shape index (κ1) is 14.7. The van der Waals surface area contributed by atoms with Crippen molar-refractivity contribution in [3.63, 3.8) is 0 Å². The van der Waals surface area contributed by atoms with Crippen molar-refractivity contribution in [1.29, 1.82) is 0 Å². The summed E-state index contributed by atoms with van der Waals surface area (Å²) >= 11 is 0. The van der Waals surface area contributed by atoms with Crippen LogP contribution in [-0.4, -0.2) is 37.0 Å². The first-order valence-electron chi connectivity index (χ1n) is 8.31. The Hall–Kier alpha value is -1.92. The van der Waals surface area contributed by atoms with Crippen LogP contribution >= 0.6 is 0 Å². The number of para-hydroxylation sites is 1. The molecule has 1 N–H and O–H groups in total. The van der Waals surface area contributed by atoms with Crippen LogP contribution in [-0.2, 0) is 4.74 Å². The number of hydrogen-bond acceptors (Lipinski definition) is 4. The van der Waals surface area contributed by atoms with Crippen LogP contribution in [0.25, 0.3) is 6.08 Å². The van der Waals surface area contributed by atoms with Gasteiger partial charge in [-0.15, -0.1) is 0 Å². The molecule has 6 nitrogen and oxygen atoms in total. The predicted molar refractivity (Wildman–Crippen MR) is 84.4 cm³/mol. The highest BCUT2D eigenvalue weighted by Gasteiger charge is 2.51. The quantitative estimate of drug-likeness (QED) is 0.664. The molecule has 6 heteroatoms. The Morgan fingerprint density at radius 2 is 2.04 bits per heavy atom. The second kappa shape index (κ2) is 5.62. The van der Waals surface area contributed by atoms with Gasteiger partial charge in [0.15, 0.2) is 0 Å². The zero-order valence-corrected chi connectivity index (χ0v) is 13.0. The summed E-state index contributed by atoms with van der Waals surface area (Å²) in [5.74, 6) is 0.433. The fourth-order valence-electron chi connectivity index (χ4n) is 4.13. The standard InChI is InChI=1S/C17H20N2O4/c20-19(21)15-6-3-4-13-12-14-5-1-2-7-17(14,23-16(13)15)18-8-10-22-11-9-18/h3-4,6,12H,1-2,5,7-11H2/p+1/t17-/m0/s1. The van der Waals surface area contributed by atoms with Crippen molar-refractivity contribution in [1.82, 2.24) is 0 Å². The molecule has 23 heavy (non-hydrogen) atoms. The van der Waals surface area contributed by atoms with Gasteiger partial charge in [0.25, 0.3) is 5.72 Å². The zero-order valence-electron chi connectivity index (χ0n) is 13.0. The predicted octanol–water partition coefficient (Wildman–Crippen LogP) is 1.56. The van der Waals surface area contributed by atoms with Gasteiger partial charge in [0.2, 0.25) is 5.75 Å². The van der Waals surface area contributed by atoms with Gasteiger partial charge in [-0.1, -0.05) is 12.1 Å². The van der Waals surface area contributed by atoms with E-state index in [1.807, 2.05) is 6.07 Å². The van der Waals surface area contributed by atoms with Crippen molar-refractivity contribution in [3.05, 3.63) is 39.4 Å². The highest BCUT2D eigenvalue weighted by atomic mass is 16.6. The summed E-state index contributed by atoms with van der Waals surface area (Å²) in [7, 11) is 0. The molecule has 0 unspecified atom stereocenters. The van der Waals surface area contributed by atoms with Crippen LogP contribution in [0.4, 0.5) is 5.69 Å². The van der Waals surface area contributed by atoms with Crippen LogP contribution in [0.2, 0.25) is 0 Å². The summed E-state index contributed by atoms with van der Waals surface area (Å²) in [5, 5.41) is 11.4. The summed E-state index contributed by atoms with van der Waals surface area (Å²) in [5.41, 5.74) is 1.74. The third-order valence-electron chi connectivity index (χ3n) is 5.24. The number of fused-ring (bicyclic) bond motifs is 2. The number of ether oxygens (including phenoxy) is 2. The highest BCUT2D eigenvalue weighted by molar-refractivity contribution is 5.69. The molecule has 4 rings (SSSR count). The number of nitrogens with one attached hydrogen (secondary N) is 1. The Kier molecular flexibility index (Phi) is 3.58. The Morgan fingerprint density at radius 1 is 1.22 bits per heavy atom. The Morgan fingerprint density at radius 3 is 2.83 bits per heavy atom. The molecule has 0 aromatic heterocycles. The summed E-state index contributed by atoms with van der Waals surface area (Å²) in [6.45, 7) is 3.20. The average molecular weight is 317 g/mol. The largest absolute Gasteiger partial charge is 0.429 e. The minimum atomic E-state index is -0.443. The number of nitro benzene ring substituents is 1. The lowest BCUT2D eigenvalue weighted by Gasteiger charge is -2.47. The third kappa shape index (κ3) is 2.33. The minimum absolute atomic E-state index is 0.0652. The number of rotatable bonds is 2. The molecular formula is C17H21N2O4+. The number of hydrogen-bond donors (Lipinski definition) is 1. The second-order valence-electron chi connectivity index (χ2n) is 6.47. The van der Waals surface area contributed by atoms with Crippen LogP contribution in [0.3, 0.4) is 0 Å². The first-order chi connectivity index (χ1) is 11.2. The smallest absolute Gasteiger partial charge is 0.311 e. The van der Waals surface area contributed by atoms with Gasteiger partial charge in [0, 0.05) is 23.6 Å². The highest BCUT2D eigenvalue weighted by Crippen LogP contribution is 2.44. The molecule has 0 radical (unpaired) electrons. The van der Waals surface area contributed by atoms with Gasteiger partial charge in [-0.25, -0.2) is 0 Å². The van der Waals surface area contributed by atoms with Crippen molar-refractivity contribution in [2.75, 3.05) is 26.3 Å². The Bertz CT molecular complexity index is 667. The number of quaternary nitrogens is 1. The van der Waals surface area contributed by atoms with Crippen molar-refractivity contribution in [3.8, 4) is 5.75 Å². The van der Waals surface area contributed by atoms with Gasteiger partial charge in [-0.2, -0.15) is 0 Å². The molecule has 122 valence electrons. The molecule has 1 saturated carbocycles. The maximum absolute atomic E-state index is 11.4. The summed E-state index contributed by atoms with van der Waals surface area (Å²) in [4.78, 5) is 12.4. The number of nitrogens with zero attached hydrogens (tertiary/aromatic N) is 1. The normalized spacial score (nSPS) is 27.4. The minimum Gasteiger partial charge on any atom is -0.429 e. The molecule has 0 spiro atoms. The molecule has 1 atom stereocenters. The fraction of sp³-hybridized carbons (Fsp3) is 0.529. The monoisotopic (exact) mass is 317 g/mol. The summed E-state index contributed by atoms with van der Waals surface area (Å²) in [6.07, 6.45) is 6.31. The van der Waals surface area contributed by atoms with Gasteiger partial charge in [0.05, 0.1) is 18.1 Å². The lowest BCUT2D eigenvalue weighted by Crippen LogP contribution is -3.23. The van der Waals surface area contributed by atoms with E-state index in [2.05, 4.69) is 6.08 Å². The van der Waals surface area contributed by atoms with E-state index in [0.29, 0.717) is 5.75 Å². The van der Waals surface area contributed by atoms with Gasteiger partial charge in [0.1, 0.15) is 13.1 Å². The molecule has 1 aliphatic carbocycles. The van der Waals surface area contributed by atoms with E-state index in [1.165, 1.54) is 16.5 Å².